The van der Waals surface area contributed by atoms with Gasteiger partial charge in [0.15, 0.2) is 5.65 Å². The van der Waals surface area contributed by atoms with Crippen LogP contribution in [0.1, 0.15) is 17.0 Å². The fourth-order valence-electron chi connectivity index (χ4n) is 3.52. The van der Waals surface area contributed by atoms with Crippen molar-refractivity contribution in [1.29, 1.82) is 0 Å². The first-order chi connectivity index (χ1) is 15.8. The van der Waals surface area contributed by atoms with E-state index in [0.29, 0.717) is 39.8 Å². The van der Waals surface area contributed by atoms with Gasteiger partial charge in [-0.3, -0.25) is 0 Å². The highest BCUT2D eigenvalue weighted by atomic mass is 19.4. The summed E-state index contributed by atoms with van der Waals surface area (Å²) in [5.74, 6) is 1.25. The highest BCUT2D eigenvalue weighted by Gasteiger charge is 2.31. The zero-order valence-electron chi connectivity index (χ0n) is 17.7. The van der Waals surface area contributed by atoms with E-state index in [0.717, 1.165) is 17.8 Å². The molecule has 4 heterocycles. The minimum Gasteiger partial charge on any atom is -0.337 e. The molecule has 33 heavy (non-hydrogen) atoms. The van der Waals surface area contributed by atoms with Crippen LogP contribution in [0.25, 0.3) is 22.6 Å². The molecule has 10 heteroatoms. The molecule has 4 aromatic heterocycles. The van der Waals surface area contributed by atoms with E-state index in [1.165, 1.54) is 6.07 Å². The molecule has 0 aliphatic carbocycles. The van der Waals surface area contributed by atoms with Gasteiger partial charge in [-0.25, -0.2) is 19.6 Å². The molecule has 0 amide bonds. The maximum Gasteiger partial charge on any atom is 0.416 e. The molecule has 0 fully saturated rings. The van der Waals surface area contributed by atoms with E-state index >= 15 is 0 Å². The van der Waals surface area contributed by atoms with Gasteiger partial charge < -0.3 is 9.72 Å². The van der Waals surface area contributed by atoms with Gasteiger partial charge in [0.2, 0.25) is 0 Å². The van der Waals surface area contributed by atoms with E-state index in [4.69, 9.17) is 0 Å². The molecule has 0 saturated carbocycles. The number of benzene rings is 1. The average Bonchev–Trinajstić information content (AvgIpc) is 3.41. The van der Waals surface area contributed by atoms with Crippen LogP contribution < -0.4 is 5.32 Å². The van der Waals surface area contributed by atoms with Crippen molar-refractivity contribution in [2.45, 2.75) is 20.0 Å². The normalized spacial score (nSPS) is 11.8. The van der Waals surface area contributed by atoms with Gasteiger partial charge in [-0.1, -0.05) is 6.07 Å². The number of hydrogen-bond acceptors (Lipinski definition) is 5. The van der Waals surface area contributed by atoms with Crippen LogP contribution in [0.3, 0.4) is 0 Å². The molecule has 5 aromatic rings. The van der Waals surface area contributed by atoms with E-state index in [1.54, 1.807) is 53.9 Å². The molecule has 0 spiro atoms. The lowest BCUT2D eigenvalue weighted by atomic mass is 10.0. The Morgan fingerprint density at radius 2 is 1.85 bits per heavy atom. The van der Waals surface area contributed by atoms with E-state index in [2.05, 4.69) is 25.4 Å². The molecule has 166 valence electrons. The topological polar surface area (TPSA) is 72.9 Å². The van der Waals surface area contributed by atoms with E-state index in [1.807, 2.05) is 18.2 Å². The van der Waals surface area contributed by atoms with Gasteiger partial charge in [0, 0.05) is 18.0 Å². The lowest BCUT2D eigenvalue weighted by Gasteiger charge is -2.10. The number of alkyl halides is 3. The summed E-state index contributed by atoms with van der Waals surface area (Å²) >= 11 is 0. The molecular formula is C23H18F3N7. The molecule has 5 rings (SSSR count). The minimum atomic E-state index is -4.42. The van der Waals surface area contributed by atoms with Crippen molar-refractivity contribution in [3.63, 3.8) is 0 Å². The standard InChI is InChI=1S/C23H18F3N7/c1-14-5-6-16(23(24,25)26)10-18(14)20-12-32-9-3-4-19(22(32)30-20)29-21-8-7-17(11-27-21)33-13-28-15(2)31-33/h3-13H,1-2H3,(H,27,29). The van der Waals surface area contributed by atoms with Gasteiger partial charge in [-0.15, -0.1) is 0 Å². The third-order valence-electron chi connectivity index (χ3n) is 5.21. The Bertz CT molecular complexity index is 1450. The molecule has 0 unspecified atom stereocenters. The lowest BCUT2D eigenvalue weighted by Crippen LogP contribution is -2.05. The fraction of sp³-hybridized carbons (Fsp3) is 0.130. The monoisotopic (exact) mass is 449 g/mol. The van der Waals surface area contributed by atoms with Gasteiger partial charge in [0.05, 0.1) is 28.8 Å². The predicted molar refractivity (Wildman–Crippen MR) is 118 cm³/mol. The van der Waals surface area contributed by atoms with Crippen molar-refractivity contribution in [3.05, 3.63) is 84.3 Å². The second kappa shape index (κ2) is 7.73. The molecule has 0 bridgehead atoms. The number of fused-ring (bicyclic) bond motifs is 1. The van der Waals surface area contributed by atoms with Crippen LogP contribution in [0, 0.1) is 13.8 Å². The number of imidazole rings is 1. The van der Waals surface area contributed by atoms with Crippen molar-refractivity contribution >= 4 is 17.2 Å². The van der Waals surface area contributed by atoms with Crippen LogP contribution in [0.5, 0.6) is 0 Å². The van der Waals surface area contributed by atoms with Gasteiger partial charge in [0.25, 0.3) is 0 Å². The SMILES string of the molecule is Cc1ncn(-c2ccc(Nc3cccn4cc(-c5cc(C(F)(F)F)ccc5C)nc34)nc2)n1. The first-order valence-corrected chi connectivity index (χ1v) is 10.1. The number of nitrogens with zero attached hydrogens (tertiary/aromatic N) is 6. The first-order valence-electron chi connectivity index (χ1n) is 10.1. The van der Waals surface area contributed by atoms with Crippen LogP contribution in [0.15, 0.2) is 67.4 Å². The van der Waals surface area contributed by atoms with Gasteiger partial charge >= 0.3 is 6.18 Å². The number of hydrogen-bond donors (Lipinski definition) is 1. The molecule has 0 radical (unpaired) electrons. The summed E-state index contributed by atoms with van der Waals surface area (Å²) in [4.78, 5) is 13.1. The Morgan fingerprint density at radius 3 is 2.55 bits per heavy atom. The molecular weight excluding hydrogens is 431 g/mol. The summed E-state index contributed by atoms with van der Waals surface area (Å²) in [6.45, 7) is 3.57. The van der Waals surface area contributed by atoms with Crippen molar-refractivity contribution in [2.24, 2.45) is 0 Å². The third kappa shape index (κ3) is 4.02. The van der Waals surface area contributed by atoms with Crippen molar-refractivity contribution in [3.8, 4) is 16.9 Å². The smallest absolute Gasteiger partial charge is 0.337 e. The largest absolute Gasteiger partial charge is 0.416 e. The number of pyridine rings is 2. The molecule has 0 atom stereocenters. The highest BCUT2D eigenvalue weighted by Crippen LogP contribution is 2.34. The van der Waals surface area contributed by atoms with Crippen LogP contribution in [-0.4, -0.2) is 29.1 Å². The Kier molecular flexibility index (Phi) is 4.85. The lowest BCUT2D eigenvalue weighted by molar-refractivity contribution is -0.137. The Hall–Kier alpha value is -4.21. The third-order valence-corrected chi connectivity index (χ3v) is 5.21. The summed E-state index contributed by atoms with van der Waals surface area (Å²) < 4.78 is 43.0. The average molecular weight is 449 g/mol. The Labute approximate surface area is 186 Å². The maximum absolute atomic E-state index is 13.2. The molecule has 0 saturated heterocycles. The molecule has 7 nitrogen and oxygen atoms in total. The van der Waals surface area contributed by atoms with E-state index in [9.17, 15) is 13.2 Å². The maximum atomic E-state index is 13.2. The number of halogens is 3. The number of aryl methyl sites for hydroxylation is 2. The fourth-order valence-corrected chi connectivity index (χ4v) is 3.52. The van der Waals surface area contributed by atoms with E-state index < -0.39 is 11.7 Å². The Morgan fingerprint density at radius 1 is 1.00 bits per heavy atom. The van der Waals surface area contributed by atoms with Crippen molar-refractivity contribution in [2.75, 3.05) is 5.32 Å². The van der Waals surface area contributed by atoms with E-state index in [-0.39, 0.29) is 0 Å². The predicted octanol–water partition coefficient (Wildman–Crippen LogP) is 5.36. The minimum absolute atomic E-state index is 0.435. The number of aromatic nitrogens is 6. The first kappa shape index (κ1) is 20.7. The van der Waals surface area contributed by atoms with Crippen molar-refractivity contribution in [1.82, 2.24) is 29.1 Å². The van der Waals surface area contributed by atoms with Crippen LogP contribution in [-0.2, 0) is 6.18 Å². The number of anilines is 2. The van der Waals surface area contributed by atoms with Gasteiger partial charge in [-0.2, -0.15) is 18.3 Å². The van der Waals surface area contributed by atoms with Gasteiger partial charge in [-0.05, 0) is 55.8 Å². The summed E-state index contributed by atoms with van der Waals surface area (Å²) in [6.07, 6.45) is 2.37. The summed E-state index contributed by atoms with van der Waals surface area (Å²) in [7, 11) is 0. The zero-order valence-corrected chi connectivity index (χ0v) is 17.7. The molecule has 0 aliphatic heterocycles. The number of nitrogens with one attached hydrogen (secondary N) is 1. The zero-order chi connectivity index (χ0) is 23.2. The summed E-state index contributed by atoms with van der Waals surface area (Å²) in [5, 5.41) is 7.48. The highest BCUT2D eigenvalue weighted by molar-refractivity contribution is 5.76. The van der Waals surface area contributed by atoms with Crippen molar-refractivity contribution < 1.29 is 13.2 Å². The Balaban J connectivity index is 1.48. The quantitative estimate of drug-likeness (QED) is 0.400. The van der Waals surface area contributed by atoms with Gasteiger partial charge in [0.1, 0.15) is 18.0 Å². The molecule has 0 aliphatic rings. The molecule has 1 N–H and O–H groups in total. The molecule has 1 aromatic carbocycles. The second-order valence-corrected chi connectivity index (χ2v) is 7.57. The van der Waals surface area contributed by atoms with Crippen LogP contribution in [0.4, 0.5) is 24.7 Å². The summed E-state index contributed by atoms with van der Waals surface area (Å²) in [6, 6.07) is 11.0. The van der Waals surface area contributed by atoms with Crippen LogP contribution in [0.2, 0.25) is 0 Å². The number of rotatable bonds is 4. The summed E-state index contributed by atoms with van der Waals surface area (Å²) in [5.41, 5.74) is 2.91. The second-order valence-electron chi connectivity index (χ2n) is 7.57. The van der Waals surface area contributed by atoms with Crippen LogP contribution >= 0.6 is 0 Å².